The van der Waals surface area contributed by atoms with Gasteiger partial charge in [0.25, 0.3) is 0 Å². The highest BCUT2D eigenvalue weighted by Gasteiger charge is 2.36. The molecule has 0 aliphatic rings. The number of alkyl carbamates (subject to hydrolysis) is 1. The summed E-state index contributed by atoms with van der Waals surface area (Å²) in [4.78, 5) is 52.5. The molecule has 7 aromatic rings. The Morgan fingerprint density at radius 2 is 1.17 bits per heavy atom. The largest absolute Gasteiger partial charge is 0.464 e. The summed E-state index contributed by atoms with van der Waals surface area (Å²) >= 11 is 0. The fourth-order valence-electron chi connectivity index (χ4n) is 6.19. The van der Waals surface area contributed by atoms with Crippen LogP contribution in [0.15, 0.2) is 100 Å². The van der Waals surface area contributed by atoms with Crippen LogP contribution in [0.3, 0.4) is 0 Å². The maximum atomic E-state index is 12.6. The molecule has 4 heterocycles. The molecule has 0 spiro atoms. The van der Waals surface area contributed by atoms with E-state index in [1.807, 2.05) is 120 Å². The number of ether oxygens (including phenoxy) is 3. The van der Waals surface area contributed by atoms with Gasteiger partial charge in [0.2, 0.25) is 11.8 Å². The first-order chi connectivity index (χ1) is 27.6. The number of aromatic amines is 2. The molecule has 0 bridgehead atoms. The maximum Gasteiger partial charge on any atom is 0.408 e. The van der Waals surface area contributed by atoms with Gasteiger partial charge in [-0.05, 0) is 28.5 Å². The normalized spacial score (nSPS) is 12.7. The van der Waals surface area contributed by atoms with Crippen LogP contribution in [0.5, 0.6) is 0 Å². The molecular weight excluding hydrogens is 741 g/mol. The molecule has 58 heavy (non-hydrogen) atoms. The highest BCUT2D eigenvalue weighted by molar-refractivity contribution is 6.02. The van der Waals surface area contributed by atoms with Gasteiger partial charge in [-0.25, -0.2) is 24.4 Å². The molecule has 1 amide bonds. The zero-order valence-electron chi connectivity index (χ0n) is 33.8. The standard InChI is InChI=1S/C26H27N3O5.C18H21N3O3.H2/c1-26(2,3)22(29-25(31)33-15-16-10-6-5-7-11-16)23-28-20(24(30)32-4)21(34-23)18-14-27-19-13-9-8-12-17(18)19;1-18(2,3)15(19)16-21-13(17(22)23-4)14(24-16)11-9-20-12-8-6-5-7-10(11)12;/h5-14,22,27H,15H2,1-4H3,(H,29,31);5-9,15,20H,19H2,1-4H3;1H/t22-;15-;/m11./s1. The van der Waals surface area contributed by atoms with Gasteiger partial charge in [0.05, 0.1) is 20.3 Å². The lowest BCUT2D eigenvalue weighted by atomic mass is 9.87. The third kappa shape index (κ3) is 8.82. The van der Waals surface area contributed by atoms with Gasteiger partial charge in [0, 0.05) is 46.8 Å². The number of carbonyl (C=O) groups is 3. The van der Waals surface area contributed by atoms with Crippen molar-refractivity contribution < 1.29 is 38.9 Å². The minimum atomic E-state index is -0.668. The summed E-state index contributed by atoms with van der Waals surface area (Å²) in [7, 11) is 2.61. The molecule has 0 aliphatic carbocycles. The van der Waals surface area contributed by atoms with Gasteiger partial charge in [-0.3, -0.25) is 0 Å². The number of hydrogen-bond donors (Lipinski definition) is 4. The number of nitrogens with zero attached hydrogens (tertiary/aromatic N) is 2. The number of para-hydroxylation sites is 2. The summed E-state index contributed by atoms with van der Waals surface area (Å²) in [5.74, 6) is -0.0315. The summed E-state index contributed by atoms with van der Waals surface area (Å²) in [6.07, 6.45) is 2.94. The molecule has 5 N–H and O–H groups in total. The number of fused-ring (bicyclic) bond motifs is 2. The molecular formula is C44H50N6O8. The second kappa shape index (κ2) is 16.8. The van der Waals surface area contributed by atoms with Crippen LogP contribution in [0.1, 0.15) is 93.4 Å². The Morgan fingerprint density at radius 3 is 1.66 bits per heavy atom. The molecule has 0 fully saturated rings. The summed E-state index contributed by atoms with van der Waals surface area (Å²) < 4.78 is 27.3. The summed E-state index contributed by atoms with van der Waals surface area (Å²) in [5, 5.41) is 4.66. The van der Waals surface area contributed by atoms with Crippen LogP contribution in [0, 0.1) is 10.8 Å². The molecule has 4 aromatic heterocycles. The van der Waals surface area contributed by atoms with Crippen LogP contribution in [-0.4, -0.2) is 52.2 Å². The number of esters is 2. The Balaban J connectivity index is 0.000000233. The van der Waals surface area contributed by atoms with Gasteiger partial charge in [-0.15, -0.1) is 0 Å². The van der Waals surface area contributed by atoms with Crippen LogP contribution in [0.25, 0.3) is 44.5 Å². The molecule has 3 aromatic carbocycles. The smallest absolute Gasteiger partial charge is 0.408 e. The molecule has 14 heteroatoms. The van der Waals surface area contributed by atoms with Crippen molar-refractivity contribution in [1.29, 1.82) is 0 Å². The Kier molecular flexibility index (Phi) is 11.9. The zero-order valence-corrected chi connectivity index (χ0v) is 33.8. The maximum absolute atomic E-state index is 12.6. The van der Waals surface area contributed by atoms with Crippen LogP contribution in [0.4, 0.5) is 4.79 Å². The van der Waals surface area contributed by atoms with Crippen LogP contribution >= 0.6 is 0 Å². The van der Waals surface area contributed by atoms with Crippen molar-refractivity contribution in [3.63, 3.8) is 0 Å². The molecule has 0 saturated heterocycles. The summed E-state index contributed by atoms with van der Waals surface area (Å²) in [5.41, 5.74) is 9.80. The van der Waals surface area contributed by atoms with E-state index in [9.17, 15) is 14.4 Å². The number of methoxy groups -OCH3 is 2. The number of nitrogens with one attached hydrogen (secondary N) is 3. The van der Waals surface area contributed by atoms with Crippen molar-refractivity contribution in [3.8, 4) is 22.6 Å². The van der Waals surface area contributed by atoms with Gasteiger partial charge in [0.1, 0.15) is 12.6 Å². The lowest BCUT2D eigenvalue weighted by Crippen LogP contribution is -2.37. The molecule has 304 valence electrons. The number of H-pyrrole nitrogens is 2. The molecule has 14 nitrogen and oxygen atoms in total. The van der Waals surface area contributed by atoms with E-state index in [4.69, 9.17) is 28.8 Å². The Labute approximate surface area is 337 Å². The van der Waals surface area contributed by atoms with Gasteiger partial charge >= 0.3 is 18.0 Å². The number of aromatic nitrogens is 4. The predicted molar refractivity (Wildman–Crippen MR) is 221 cm³/mol. The number of benzene rings is 3. The van der Waals surface area contributed by atoms with Gasteiger partial charge in [0.15, 0.2) is 22.9 Å². The fourth-order valence-corrected chi connectivity index (χ4v) is 6.19. The summed E-state index contributed by atoms with van der Waals surface area (Å²) in [6, 6.07) is 23.7. The van der Waals surface area contributed by atoms with E-state index in [-0.39, 0.29) is 36.5 Å². The fraction of sp³-hybridized carbons (Fsp3) is 0.295. The first kappa shape index (κ1) is 41.0. The SMILES string of the molecule is COC(=O)c1nc([C@@H](N)C(C)(C)C)oc1-c1c[nH]c2ccccc12.COC(=O)c1nc([C@@H](NC(=O)OCc2ccccc2)C(C)(C)C)oc1-c1c[nH]c2ccccc12.[HH]. The number of carbonyl (C=O) groups excluding carboxylic acids is 3. The Hall–Kier alpha value is -6.67. The number of hydrogen-bond acceptors (Lipinski definition) is 11. The van der Waals surface area contributed by atoms with E-state index in [1.165, 1.54) is 14.2 Å². The van der Waals surface area contributed by atoms with E-state index in [0.717, 1.165) is 32.9 Å². The minimum absolute atomic E-state index is 0. The molecule has 2 atom stereocenters. The lowest BCUT2D eigenvalue weighted by Gasteiger charge is -2.28. The zero-order chi connectivity index (χ0) is 41.8. The molecule has 0 aliphatic heterocycles. The second-order valence-electron chi connectivity index (χ2n) is 15.8. The Bertz CT molecular complexity index is 2540. The number of rotatable bonds is 9. The van der Waals surface area contributed by atoms with Crippen molar-refractivity contribution in [2.45, 2.75) is 60.2 Å². The van der Waals surface area contributed by atoms with Crippen LogP contribution in [-0.2, 0) is 20.8 Å². The van der Waals surface area contributed by atoms with Gasteiger partial charge in [-0.1, -0.05) is 108 Å². The molecule has 7 rings (SSSR count). The van der Waals surface area contributed by atoms with E-state index in [2.05, 4.69) is 25.3 Å². The quantitative estimate of drug-likeness (QED) is 0.0801. The highest BCUT2D eigenvalue weighted by Crippen LogP contribution is 2.39. The number of oxazole rings is 2. The van der Waals surface area contributed by atoms with Gasteiger partial charge in [-0.2, -0.15) is 0 Å². The topological polar surface area (TPSA) is 201 Å². The number of amides is 1. The molecule has 0 unspecified atom stereocenters. The van der Waals surface area contributed by atoms with Crippen molar-refractivity contribution in [1.82, 2.24) is 25.3 Å². The van der Waals surface area contributed by atoms with E-state index < -0.39 is 35.5 Å². The van der Waals surface area contributed by atoms with Gasteiger partial charge < -0.3 is 44.1 Å². The van der Waals surface area contributed by atoms with E-state index >= 15 is 0 Å². The van der Waals surface area contributed by atoms with Crippen molar-refractivity contribution >= 4 is 39.8 Å². The highest BCUT2D eigenvalue weighted by atomic mass is 16.5. The average Bonchev–Trinajstić information content (AvgIpc) is 4.02. The van der Waals surface area contributed by atoms with E-state index in [0.29, 0.717) is 17.2 Å². The van der Waals surface area contributed by atoms with Crippen molar-refractivity contribution in [2.75, 3.05) is 14.2 Å². The Morgan fingerprint density at radius 1 is 0.707 bits per heavy atom. The third-order valence-corrected chi connectivity index (χ3v) is 9.50. The monoisotopic (exact) mass is 790 g/mol. The lowest BCUT2D eigenvalue weighted by molar-refractivity contribution is 0.0586. The van der Waals surface area contributed by atoms with Crippen LogP contribution in [0.2, 0.25) is 0 Å². The predicted octanol–water partition coefficient (Wildman–Crippen LogP) is 9.52. The minimum Gasteiger partial charge on any atom is -0.464 e. The van der Waals surface area contributed by atoms with Crippen molar-refractivity contribution in [2.24, 2.45) is 16.6 Å². The summed E-state index contributed by atoms with van der Waals surface area (Å²) in [6.45, 7) is 11.9. The first-order valence-corrected chi connectivity index (χ1v) is 18.6. The first-order valence-electron chi connectivity index (χ1n) is 18.6. The van der Waals surface area contributed by atoms with Crippen molar-refractivity contribution in [3.05, 3.63) is 120 Å². The number of nitrogens with two attached hydrogens (primary N) is 1. The average molecular weight is 791 g/mol. The van der Waals surface area contributed by atoms with E-state index in [1.54, 1.807) is 12.4 Å². The second-order valence-corrected chi connectivity index (χ2v) is 15.8. The molecule has 0 radical (unpaired) electrons. The molecule has 0 saturated carbocycles. The van der Waals surface area contributed by atoms with Crippen LogP contribution < -0.4 is 11.1 Å². The third-order valence-electron chi connectivity index (χ3n) is 9.50.